The highest BCUT2D eigenvalue weighted by molar-refractivity contribution is 6.32. The van der Waals surface area contributed by atoms with Crippen LogP contribution in [-0.2, 0) is 11.4 Å². The zero-order valence-electron chi connectivity index (χ0n) is 21.5. The Kier molecular flexibility index (Phi) is 7.40. The van der Waals surface area contributed by atoms with Crippen LogP contribution in [0.1, 0.15) is 47.4 Å². The predicted molar refractivity (Wildman–Crippen MR) is 151 cm³/mol. The first-order valence-corrected chi connectivity index (χ1v) is 13.3. The second kappa shape index (κ2) is 10.8. The van der Waals surface area contributed by atoms with E-state index in [2.05, 4.69) is 6.07 Å². The fourth-order valence-electron chi connectivity index (χ4n) is 5.47. The summed E-state index contributed by atoms with van der Waals surface area (Å²) in [7, 11) is 0. The fraction of sp³-hybridized carbons (Fsp3) is 0.226. The first-order valence-electron chi connectivity index (χ1n) is 12.6. The van der Waals surface area contributed by atoms with Crippen molar-refractivity contribution in [1.82, 2.24) is 0 Å². The zero-order chi connectivity index (χ0) is 27.8. The Bertz CT molecular complexity index is 1610. The summed E-state index contributed by atoms with van der Waals surface area (Å²) in [6.45, 7) is 4.07. The average molecular weight is 562 g/mol. The van der Waals surface area contributed by atoms with E-state index in [0.29, 0.717) is 46.9 Å². The molecule has 0 spiro atoms. The Morgan fingerprint density at radius 1 is 1.13 bits per heavy atom. The van der Waals surface area contributed by atoms with E-state index in [1.165, 1.54) is 18.2 Å². The Hall–Kier alpha value is -3.79. The molecule has 0 amide bonds. The van der Waals surface area contributed by atoms with Crippen LogP contribution in [0, 0.1) is 31.0 Å². The topological polar surface area (TPSA) is 79.3 Å². The molecule has 198 valence electrons. The monoisotopic (exact) mass is 561 g/mol. The molecule has 1 heterocycles. The van der Waals surface area contributed by atoms with Gasteiger partial charge in [-0.3, -0.25) is 9.69 Å². The van der Waals surface area contributed by atoms with E-state index in [0.717, 1.165) is 28.0 Å². The number of nitrogens with zero attached hydrogens (tertiary/aromatic N) is 2. The number of carbonyl (C=O) groups is 1. The molecule has 5 rings (SSSR count). The van der Waals surface area contributed by atoms with Gasteiger partial charge in [0.15, 0.2) is 5.78 Å². The second-order valence-electron chi connectivity index (χ2n) is 9.80. The summed E-state index contributed by atoms with van der Waals surface area (Å²) < 4.78 is 19.4. The molecule has 3 aromatic rings. The van der Waals surface area contributed by atoms with Crippen molar-refractivity contribution in [2.75, 3.05) is 4.90 Å². The summed E-state index contributed by atoms with van der Waals surface area (Å²) >= 11 is 12.4. The van der Waals surface area contributed by atoms with Crippen molar-refractivity contribution in [1.29, 1.82) is 5.26 Å². The number of ether oxygens (including phenoxy) is 1. The third-order valence-electron chi connectivity index (χ3n) is 7.27. The van der Waals surface area contributed by atoms with Gasteiger partial charge in [-0.05, 0) is 79.8 Å². The average Bonchev–Trinajstić information content (AvgIpc) is 2.89. The maximum Gasteiger partial charge on any atom is 0.161 e. The zero-order valence-corrected chi connectivity index (χ0v) is 23.0. The Morgan fingerprint density at radius 3 is 2.64 bits per heavy atom. The standard InChI is InChI=1S/C31H26Cl2FN3O2/c1-17-11-19(16-39-28-10-9-21(34)14-25(28)33)18(2)23(12-17)29-24(15-35)31(36)37(22-6-3-5-20(32)13-22)26-7-4-8-27(38)30(26)29/h3,5-6,9-14,29H,4,7-8,16,36H2,1-2H3. The number of anilines is 1. The quantitative estimate of drug-likeness (QED) is 0.346. The normalized spacial score (nSPS) is 17.3. The summed E-state index contributed by atoms with van der Waals surface area (Å²) in [5.74, 6) is -0.397. The molecule has 1 atom stereocenters. The molecule has 0 fully saturated rings. The molecule has 8 heteroatoms. The smallest absolute Gasteiger partial charge is 0.161 e. The fourth-order valence-corrected chi connectivity index (χ4v) is 5.88. The summed E-state index contributed by atoms with van der Waals surface area (Å²) in [4.78, 5) is 15.3. The Labute approximate surface area is 236 Å². The highest BCUT2D eigenvalue weighted by atomic mass is 35.5. The number of ketones is 1. The second-order valence-corrected chi connectivity index (χ2v) is 10.6. The predicted octanol–water partition coefficient (Wildman–Crippen LogP) is 7.63. The van der Waals surface area contributed by atoms with Gasteiger partial charge in [0.25, 0.3) is 0 Å². The molecular weight excluding hydrogens is 536 g/mol. The third kappa shape index (κ3) is 5.01. The van der Waals surface area contributed by atoms with Crippen molar-refractivity contribution in [3.8, 4) is 11.8 Å². The van der Waals surface area contributed by atoms with Gasteiger partial charge in [-0.1, -0.05) is 47.0 Å². The van der Waals surface area contributed by atoms with Crippen LogP contribution in [0.4, 0.5) is 10.1 Å². The molecule has 0 saturated heterocycles. The highest BCUT2D eigenvalue weighted by Gasteiger charge is 2.41. The number of aryl methyl sites for hydroxylation is 1. The first-order chi connectivity index (χ1) is 18.7. The van der Waals surface area contributed by atoms with Crippen LogP contribution in [0.25, 0.3) is 0 Å². The molecule has 5 nitrogen and oxygen atoms in total. The van der Waals surface area contributed by atoms with E-state index in [1.54, 1.807) is 17.0 Å². The molecule has 39 heavy (non-hydrogen) atoms. The molecule has 1 aliphatic carbocycles. The van der Waals surface area contributed by atoms with Crippen molar-refractivity contribution in [2.45, 2.75) is 45.6 Å². The van der Waals surface area contributed by atoms with Crippen molar-refractivity contribution >= 4 is 34.7 Å². The molecule has 2 N–H and O–H groups in total. The summed E-state index contributed by atoms with van der Waals surface area (Å²) in [6.07, 6.45) is 1.75. The van der Waals surface area contributed by atoms with Crippen LogP contribution in [-0.4, -0.2) is 5.78 Å². The van der Waals surface area contributed by atoms with Gasteiger partial charge in [-0.15, -0.1) is 0 Å². The summed E-state index contributed by atoms with van der Waals surface area (Å²) in [6, 6.07) is 17.5. The first kappa shape index (κ1) is 26.8. The van der Waals surface area contributed by atoms with Crippen LogP contribution in [0.2, 0.25) is 10.0 Å². The minimum absolute atomic E-state index is 0.00493. The summed E-state index contributed by atoms with van der Waals surface area (Å²) in [5.41, 5.74) is 12.6. The molecule has 0 bridgehead atoms. The minimum Gasteiger partial charge on any atom is -0.487 e. The molecular formula is C31H26Cl2FN3O2. The maximum atomic E-state index is 13.5. The van der Waals surface area contributed by atoms with Crippen LogP contribution in [0.5, 0.6) is 5.75 Å². The molecule has 0 aromatic heterocycles. The number of halogens is 3. The molecule has 3 aromatic carbocycles. The van der Waals surface area contributed by atoms with Gasteiger partial charge >= 0.3 is 0 Å². The number of hydrogen-bond acceptors (Lipinski definition) is 5. The highest BCUT2D eigenvalue weighted by Crippen LogP contribution is 2.47. The summed E-state index contributed by atoms with van der Waals surface area (Å²) in [5, 5.41) is 11.1. The number of carbonyl (C=O) groups excluding carboxylic acids is 1. The number of allylic oxidation sites excluding steroid dienone is 3. The van der Waals surface area contributed by atoms with E-state index in [9.17, 15) is 14.4 Å². The van der Waals surface area contributed by atoms with Crippen LogP contribution in [0.3, 0.4) is 0 Å². The van der Waals surface area contributed by atoms with E-state index in [1.807, 2.05) is 38.1 Å². The number of hydrogen-bond donors (Lipinski definition) is 1. The van der Waals surface area contributed by atoms with Crippen molar-refractivity contribution in [3.05, 3.63) is 115 Å². The number of benzene rings is 3. The molecule has 2 aliphatic rings. The molecule has 0 saturated carbocycles. The van der Waals surface area contributed by atoms with Gasteiger partial charge in [0, 0.05) is 28.4 Å². The lowest BCUT2D eigenvalue weighted by Crippen LogP contribution is -2.39. The van der Waals surface area contributed by atoms with E-state index >= 15 is 0 Å². The molecule has 0 radical (unpaired) electrons. The lowest BCUT2D eigenvalue weighted by atomic mass is 9.73. The van der Waals surface area contributed by atoms with E-state index in [4.69, 9.17) is 33.7 Å². The number of rotatable bonds is 5. The minimum atomic E-state index is -0.610. The van der Waals surface area contributed by atoms with Crippen molar-refractivity contribution in [3.63, 3.8) is 0 Å². The van der Waals surface area contributed by atoms with Gasteiger partial charge in [0.1, 0.15) is 24.0 Å². The van der Waals surface area contributed by atoms with Gasteiger partial charge in [0.05, 0.1) is 22.6 Å². The Balaban J connectivity index is 1.63. The van der Waals surface area contributed by atoms with Crippen LogP contribution < -0.4 is 15.4 Å². The van der Waals surface area contributed by atoms with Crippen LogP contribution >= 0.6 is 23.2 Å². The molecule has 1 aliphatic heterocycles. The number of nitriles is 1. The van der Waals surface area contributed by atoms with Crippen LogP contribution in [0.15, 0.2) is 77.3 Å². The maximum absolute atomic E-state index is 13.5. The van der Waals surface area contributed by atoms with Gasteiger partial charge in [-0.25, -0.2) is 4.39 Å². The number of Topliss-reactive ketones (excluding diaryl/α,β-unsaturated/α-hetero) is 1. The molecule has 1 unspecified atom stereocenters. The largest absolute Gasteiger partial charge is 0.487 e. The third-order valence-corrected chi connectivity index (χ3v) is 7.80. The van der Waals surface area contributed by atoms with E-state index in [-0.39, 0.29) is 23.2 Å². The SMILES string of the molecule is Cc1cc(COc2ccc(F)cc2Cl)c(C)c(C2C(C#N)=C(N)N(c3cccc(Cl)c3)C3=C2C(=O)CCC3)c1. The number of nitrogens with two attached hydrogens (primary N) is 1. The van der Waals surface area contributed by atoms with Crippen molar-refractivity contribution in [2.24, 2.45) is 5.73 Å². The lowest BCUT2D eigenvalue weighted by molar-refractivity contribution is -0.116. The Morgan fingerprint density at radius 2 is 1.92 bits per heavy atom. The van der Waals surface area contributed by atoms with E-state index < -0.39 is 11.7 Å². The van der Waals surface area contributed by atoms with Gasteiger partial charge in [-0.2, -0.15) is 5.26 Å². The van der Waals surface area contributed by atoms with Crippen molar-refractivity contribution < 1.29 is 13.9 Å². The lowest BCUT2D eigenvalue weighted by Gasteiger charge is -2.40. The van der Waals surface area contributed by atoms with Gasteiger partial charge < -0.3 is 10.5 Å². The van der Waals surface area contributed by atoms with Gasteiger partial charge in [0.2, 0.25) is 0 Å².